The van der Waals surface area contributed by atoms with E-state index < -0.39 is 0 Å². The molecule has 1 aromatic rings. The molecule has 0 atom stereocenters. The molecule has 86 valence electrons. The summed E-state index contributed by atoms with van der Waals surface area (Å²) < 4.78 is 0. The van der Waals surface area contributed by atoms with Crippen LogP contribution < -0.4 is 10.2 Å². The molecule has 1 aromatic heterocycles. The van der Waals surface area contributed by atoms with Gasteiger partial charge in [0, 0.05) is 42.8 Å². The van der Waals surface area contributed by atoms with Gasteiger partial charge in [-0.2, -0.15) is 0 Å². The fraction of sp³-hybridized carbons (Fsp3) is 0.462. The molecule has 0 bridgehead atoms. The van der Waals surface area contributed by atoms with Gasteiger partial charge < -0.3 is 10.2 Å². The SMILES string of the molecule is CNCc1cnc(C)cc1N1CC=CCC1. The summed E-state index contributed by atoms with van der Waals surface area (Å²) in [6.07, 6.45) is 7.62. The van der Waals surface area contributed by atoms with Crippen molar-refractivity contribution in [1.29, 1.82) is 0 Å². The van der Waals surface area contributed by atoms with Crippen molar-refractivity contribution < 1.29 is 0 Å². The highest BCUT2D eigenvalue weighted by atomic mass is 15.1. The fourth-order valence-electron chi connectivity index (χ4n) is 2.05. The summed E-state index contributed by atoms with van der Waals surface area (Å²) in [5.41, 5.74) is 3.69. The minimum atomic E-state index is 0.878. The molecule has 1 aliphatic rings. The van der Waals surface area contributed by atoms with E-state index in [2.05, 4.69) is 33.4 Å². The van der Waals surface area contributed by atoms with Crippen molar-refractivity contribution in [2.45, 2.75) is 19.9 Å². The number of nitrogens with one attached hydrogen (secondary N) is 1. The Morgan fingerprint density at radius 1 is 1.44 bits per heavy atom. The largest absolute Gasteiger partial charge is 0.367 e. The third kappa shape index (κ3) is 2.42. The van der Waals surface area contributed by atoms with Gasteiger partial charge >= 0.3 is 0 Å². The van der Waals surface area contributed by atoms with E-state index in [4.69, 9.17) is 0 Å². The summed E-state index contributed by atoms with van der Waals surface area (Å²) in [5, 5.41) is 3.20. The van der Waals surface area contributed by atoms with Crippen LogP contribution in [0.1, 0.15) is 17.7 Å². The van der Waals surface area contributed by atoms with E-state index in [9.17, 15) is 0 Å². The lowest BCUT2D eigenvalue weighted by atomic mass is 10.1. The topological polar surface area (TPSA) is 28.2 Å². The van der Waals surface area contributed by atoms with Crippen LogP contribution in [-0.2, 0) is 6.54 Å². The Morgan fingerprint density at radius 2 is 2.31 bits per heavy atom. The fourth-order valence-corrected chi connectivity index (χ4v) is 2.05. The van der Waals surface area contributed by atoms with E-state index in [0.29, 0.717) is 0 Å². The van der Waals surface area contributed by atoms with Crippen molar-refractivity contribution in [3.63, 3.8) is 0 Å². The maximum Gasteiger partial charge on any atom is 0.0448 e. The zero-order valence-electron chi connectivity index (χ0n) is 10.0. The van der Waals surface area contributed by atoms with Crippen molar-refractivity contribution in [3.05, 3.63) is 35.7 Å². The Labute approximate surface area is 97.2 Å². The average molecular weight is 217 g/mol. The molecule has 2 rings (SSSR count). The predicted molar refractivity (Wildman–Crippen MR) is 67.7 cm³/mol. The maximum atomic E-state index is 4.37. The molecule has 0 saturated heterocycles. The van der Waals surface area contributed by atoms with Crippen molar-refractivity contribution >= 4 is 5.69 Å². The lowest BCUT2D eigenvalue weighted by Crippen LogP contribution is -2.28. The quantitative estimate of drug-likeness (QED) is 0.783. The van der Waals surface area contributed by atoms with Crippen LogP contribution in [0.3, 0.4) is 0 Å². The summed E-state index contributed by atoms with van der Waals surface area (Å²) in [7, 11) is 1.97. The highest BCUT2D eigenvalue weighted by Gasteiger charge is 2.12. The second-order valence-corrected chi connectivity index (χ2v) is 4.19. The smallest absolute Gasteiger partial charge is 0.0448 e. The first-order valence-corrected chi connectivity index (χ1v) is 5.81. The monoisotopic (exact) mass is 217 g/mol. The van der Waals surface area contributed by atoms with Crippen LogP contribution in [0.5, 0.6) is 0 Å². The van der Waals surface area contributed by atoms with Gasteiger partial charge in [-0.1, -0.05) is 12.2 Å². The highest BCUT2D eigenvalue weighted by Crippen LogP contribution is 2.22. The molecule has 0 spiro atoms. The molecule has 0 fully saturated rings. The highest BCUT2D eigenvalue weighted by molar-refractivity contribution is 5.54. The van der Waals surface area contributed by atoms with E-state index >= 15 is 0 Å². The van der Waals surface area contributed by atoms with Gasteiger partial charge in [0.25, 0.3) is 0 Å². The summed E-state index contributed by atoms with van der Waals surface area (Å²) in [6, 6.07) is 2.19. The number of aryl methyl sites for hydroxylation is 1. The van der Waals surface area contributed by atoms with Crippen molar-refractivity contribution in [1.82, 2.24) is 10.3 Å². The normalized spacial score (nSPS) is 15.5. The number of hydrogen-bond acceptors (Lipinski definition) is 3. The van der Waals surface area contributed by atoms with E-state index in [1.165, 1.54) is 11.3 Å². The van der Waals surface area contributed by atoms with Gasteiger partial charge in [-0.05, 0) is 26.5 Å². The summed E-state index contributed by atoms with van der Waals surface area (Å²) in [4.78, 5) is 6.79. The van der Waals surface area contributed by atoms with Crippen molar-refractivity contribution in [3.8, 4) is 0 Å². The number of pyridine rings is 1. The maximum absolute atomic E-state index is 4.37. The number of aromatic nitrogens is 1. The zero-order valence-corrected chi connectivity index (χ0v) is 10.0. The van der Waals surface area contributed by atoms with Gasteiger partial charge in [0.05, 0.1) is 0 Å². The average Bonchev–Trinajstić information content (AvgIpc) is 2.33. The molecule has 0 aliphatic carbocycles. The first-order valence-electron chi connectivity index (χ1n) is 5.81. The second-order valence-electron chi connectivity index (χ2n) is 4.19. The third-order valence-electron chi connectivity index (χ3n) is 2.86. The predicted octanol–water partition coefficient (Wildman–Crippen LogP) is 1.88. The lowest BCUT2D eigenvalue weighted by Gasteiger charge is -2.28. The summed E-state index contributed by atoms with van der Waals surface area (Å²) >= 11 is 0. The van der Waals surface area contributed by atoms with E-state index in [1.807, 2.05) is 20.2 Å². The molecule has 0 saturated carbocycles. The molecular weight excluding hydrogens is 198 g/mol. The molecule has 16 heavy (non-hydrogen) atoms. The van der Waals surface area contributed by atoms with Gasteiger partial charge in [0.1, 0.15) is 0 Å². The van der Waals surface area contributed by atoms with Gasteiger partial charge in [0.15, 0.2) is 0 Å². The molecule has 1 aliphatic heterocycles. The van der Waals surface area contributed by atoms with Crippen LogP contribution in [0.2, 0.25) is 0 Å². The zero-order chi connectivity index (χ0) is 11.4. The number of anilines is 1. The van der Waals surface area contributed by atoms with E-state index in [-0.39, 0.29) is 0 Å². The van der Waals surface area contributed by atoms with Crippen LogP contribution in [0.4, 0.5) is 5.69 Å². The second kappa shape index (κ2) is 5.12. The van der Waals surface area contributed by atoms with Gasteiger partial charge in [-0.3, -0.25) is 4.98 Å². The molecule has 0 radical (unpaired) electrons. The Balaban J connectivity index is 2.28. The van der Waals surface area contributed by atoms with Crippen LogP contribution in [0, 0.1) is 6.92 Å². The van der Waals surface area contributed by atoms with Crippen molar-refractivity contribution in [2.24, 2.45) is 0 Å². The third-order valence-corrected chi connectivity index (χ3v) is 2.86. The van der Waals surface area contributed by atoms with Crippen molar-refractivity contribution in [2.75, 3.05) is 25.0 Å². The lowest BCUT2D eigenvalue weighted by molar-refractivity contribution is 0.776. The molecule has 0 aromatic carbocycles. The summed E-state index contributed by atoms with van der Waals surface area (Å²) in [5.74, 6) is 0. The van der Waals surface area contributed by atoms with Crippen LogP contribution in [0.25, 0.3) is 0 Å². The molecule has 2 heterocycles. The molecular formula is C13H19N3. The van der Waals surface area contributed by atoms with Gasteiger partial charge in [-0.15, -0.1) is 0 Å². The Hall–Kier alpha value is -1.35. The minimum absolute atomic E-state index is 0.878. The molecule has 0 amide bonds. The Morgan fingerprint density at radius 3 is 3.00 bits per heavy atom. The van der Waals surface area contributed by atoms with Crippen LogP contribution in [-0.4, -0.2) is 25.1 Å². The Kier molecular flexibility index (Phi) is 3.57. The number of hydrogen-bond donors (Lipinski definition) is 1. The van der Waals surface area contributed by atoms with E-state index in [1.54, 1.807) is 0 Å². The van der Waals surface area contributed by atoms with E-state index in [0.717, 1.165) is 31.7 Å². The van der Waals surface area contributed by atoms with Crippen LogP contribution in [0.15, 0.2) is 24.4 Å². The van der Waals surface area contributed by atoms with Gasteiger partial charge in [0.2, 0.25) is 0 Å². The molecule has 3 heteroatoms. The van der Waals surface area contributed by atoms with Gasteiger partial charge in [-0.25, -0.2) is 0 Å². The first kappa shape index (κ1) is 11.1. The number of rotatable bonds is 3. The molecule has 3 nitrogen and oxygen atoms in total. The Bertz CT molecular complexity index is 385. The first-order chi connectivity index (χ1) is 7.81. The minimum Gasteiger partial charge on any atom is -0.367 e. The molecule has 1 N–H and O–H groups in total. The summed E-state index contributed by atoms with van der Waals surface area (Å²) in [6.45, 7) is 5.05. The molecule has 0 unspecified atom stereocenters. The number of nitrogens with zero attached hydrogens (tertiary/aromatic N) is 2. The standard InChI is InChI=1S/C13H19N3/c1-11-8-13(12(9-14-2)10-15-11)16-6-4-3-5-7-16/h3-4,8,10,14H,5-7,9H2,1-2H3. The van der Waals surface area contributed by atoms with Crippen LogP contribution >= 0.6 is 0 Å².